The zero-order valence-corrected chi connectivity index (χ0v) is 16.2. The molecule has 0 fully saturated rings. The van der Waals surface area contributed by atoms with E-state index in [-0.39, 0.29) is 11.5 Å². The van der Waals surface area contributed by atoms with Gasteiger partial charge in [-0.25, -0.2) is 0 Å². The summed E-state index contributed by atoms with van der Waals surface area (Å²) in [5.74, 6) is -0.190. The summed E-state index contributed by atoms with van der Waals surface area (Å²) in [6, 6.07) is 13.6. The molecule has 0 aliphatic carbocycles. The first-order chi connectivity index (χ1) is 12.2. The number of aryl methyl sites for hydroxylation is 1. The number of halogens is 1. The second kappa shape index (κ2) is 6.90. The van der Waals surface area contributed by atoms with Crippen LogP contribution in [0, 0.1) is 0 Å². The second-order valence-corrected chi connectivity index (χ2v) is 7.53. The molecule has 3 nitrogen and oxygen atoms in total. The molecule has 4 heteroatoms. The lowest BCUT2D eigenvalue weighted by molar-refractivity contribution is -0.137. The Labute approximate surface area is 159 Å². The van der Waals surface area contributed by atoms with Crippen LogP contribution in [-0.2, 0) is 16.0 Å². The highest BCUT2D eigenvalue weighted by atomic mass is 35.5. The van der Waals surface area contributed by atoms with E-state index in [1.165, 1.54) is 0 Å². The zero-order valence-electron chi connectivity index (χ0n) is 15.5. The topological polar surface area (TPSA) is 46.5 Å². The van der Waals surface area contributed by atoms with Gasteiger partial charge in [-0.3, -0.25) is 4.79 Å². The summed E-state index contributed by atoms with van der Waals surface area (Å²) >= 11 is 5.97. The summed E-state index contributed by atoms with van der Waals surface area (Å²) in [5, 5.41) is 11.4. The normalized spacial score (nSPS) is 19.7. The Morgan fingerprint density at radius 3 is 2.35 bits per heavy atom. The van der Waals surface area contributed by atoms with Crippen LogP contribution in [0.25, 0.3) is 16.7 Å². The number of hydrogen-bond acceptors (Lipinski definition) is 3. The lowest BCUT2D eigenvalue weighted by Crippen LogP contribution is -2.42. The molecule has 1 heterocycles. The van der Waals surface area contributed by atoms with E-state index in [9.17, 15) is 9.90 Å². The first kappa shape index (κ1) is 18.7. The van der Waals surface area contributed by atoms with Gasteiger partial charge in [0.25, 0.3) is 0 Å². The number of aliphatic hydroxyl groups excluding tert-OH is 1. The number of Topliss-reactive ketones (excluding diaryl/α,β-unsaturated/α-hetero) is 1. The number of aliphatic hydroxyl groups is 1. The highest BCUT2D eigenvalue weighted by molar-refractivity contribution is 6.30. The molecule has 0 bridgehead atoms. The Hall–Kier alpha value is -2.10. The SMILES string of the molecule is CCc1cc(-c2ccc(Cl)cc2)ccc1C1=C(O)C(C)(C)OC(C)C1=O. The van der Waals surface area contributed by atoms with Crippen LogP contribution in [-0.4, -0.2) is 22.6 Å². The van der Waals surface area contributed by atoms with E-state index in [1.54, 1.807) is 20.8 Å². The molecule has 1 aliphatic heterocycles. The third-order valence-corrected chi connectivity index (χ3v) is 5.08. The third kappa shape index (κ3) is 3.29. The molecular weight excluding hydrogens is 348 g/mol. The zero-order chi connectivity index (χ0) is 19.1. The van der Waals surface area contributed by atoms with E-state index in [4.69, 9.17) is 16.3 Å². The first-order valence-electron chi connectivity index (χ1n) is 8.79. The van der Waals surface area contributed by atoms with Gasteiger partial charge in [0.15, 0.2) is 5.78 Å². The first-order valence-corrected chi connectivity index (χ1v) is 9.17. The van der Waals surface area contributed by atoms with E-state index in [2.05, 4.69) is 6.07 Å². The highest BCUT2D eigenvalue weighted by Crippen LogP contribution is 2.37. The van der Waals surface area contributed by atoms with Gasteiger partial charge in [-0.05, 0) is 61.6 Å². The predicted octanol–water partition coefficient (Wildman–Crippen LogP) is 5.60. The van der Waals surface area contributed by atoms with Crippen molar-refractivity contribution in [2.45, 2.75) is 45.8 Å². The molecule has 0 saturated carbocycles. The molecule has 0 aromatic heterocycles. The van der Waals surface area contributed by atoms with Crippen molar-refractivity contribution in [1.29, 1.82) is 0 Å². The second-order valence-electron chi connectivity index (χ2n) is 7.09. The Balaban J connectivity index is 2.13. The van der Waals surface area contributed by atoms with Gasteiger partial charge < -0.3 is 9.84 Å². The molecule has 0 spiro atoms. The van der Waals surface area contributed by atoms with Crippen LogP contribution in [0.2, 0.25) is 5.02 Å². The highest BCUT2D eigenvalue weighted by Gasteiger charge is 2.40. The van der Waals surface area contributed by atoms with Crippen LogP contribution >= 0.6 is 11.6 Å². The fraction of sp³-hybridized carbons (Fsp3) is 0.318. The van der Waals surface area contributed by atoms with Crippen LogP contribution < -0.4 is 0 Å². The number of carbonyl (C=O) groups excluding carboxylic acids is 1. The average Bonchev–Trinajstić information content (AvgIpc) is 2.61. The van der Waals surface area contributed by atoms with Gasteiger partial charge >= 0.3 is 0 Å². The van der Waals surface area contributed by atoms with E-state index >= 15 is 0 Å². The number of hydrogen-bond donors (Lipinski definition) is 1. The molecule has 26 heavy (non-hydrogen) atoms. The van der Waals surface area contributed by atoms with Crippen LogP contribution in [0.4, 0.5) is 0 Å². The fourth-order valence-corrected chi connectivity index (χ4v) is 3.51. The minimum atomic E-state index is -0.886. The van der Waals surface area contributed by atoms with E-state index in [0.717, 1.165) is 28.7 Å². The molecule has 1 N–H and O–H groups in total. The predicted molar refractivity (Wildman–Crippen MR) is 105 cm³/mol. The monoisotopic (exact) mass is 370 g/mol. The minimum absolute atomic E-state index is 0.00505. The fourth-order valence-electron chi connectivity index (χ4n) is 3.38. The van der Waals surface area contributed by atoms with Gasteiger partial charge in [0, 0.05) is 5.02 Å². The summed E-state index contributed by atoms with van der Waals surface area (Å²) in [5.41, 5.74) is 3.37. The van der Waals surface area contributed by atoms with E-state index in [0.29, 0.717) is 10.6 Å². The molecule has 1 aliphatic rings. The van der Waals surface area contributed by atoms with Gasteiger partial charge in [0.2, 0.25) is 0 Å². The largest absolute Gasteiger partial charge is 0.508 e. The summed E-state index contributed by atoms with van der Waals surface area (Å²) < 4.78 is 5.66. The lowest BCUT2D eigenvalue weighted by atomic mass is 9.85. The molecule has 0 saturated heterocycles. The van der Waals surface area contributed by atoms with Crippen LogP contribution in [0.15, 0.2) is 48.2 Å². The molecule has 1 atom stereocenters. The number of carbonyl (C=O) groups is 1. The van der Waals surface area contributed by atoms with Crippen molar-refractivity contribution in [3.8, 4) is 11.1 Å². The van der Waals surface area contributed by atoms with Crippen LogP contribution in [0.3, 0.4) is 0 Å². The van der Waals surface area contributed by atoms with Crippen LogP contribution in [0.5, 0.6) is 0 Å². The van der Waals surface area contributed by atoms with E-state index in [1.807, 2.05) is 43.3 Å². The molecule has 2 aromatic rings. The third-order valence-electron chi connectivity index (χ3n) is 4.83. The number of ketones is 1. The molecule has 2 aromatic carbocycles. The summed E-state index contributed by atoms with van der Waals surface area (Å²) in [7, 11) is 0. The quantitative estimate of drug-likeness (QED) is 0.764. The van der Waals surface area contributed by atoms with Crippen molar-refractivity contribution in [1.82, 2.24) is 0 Å². The maximum atomic E-state index is 12.7. The van der Waals surface area contributed by atoms with Crippen molar-refractivity contribution < 1.29 is 14.6 Å². The molecule has 0 amide bonds. The van der Waals surface area contributed by atoms with Gasteiger partial charge in [-0.2, -0.15) is 0 Å². The van der Waals surface area contributed by atoms with Crippen molar-refractivity contribution in [3.63, 3.8) is 0 Å². The smallest absolute Gasteiger partial charge is 0.195 e. The van der Waals surface area contributed by atoms with Crippen LogP contribution in [0.1, 0.15) is 38.8 Å². The van der Waals surface area contributed by atoms with Gasteiger partial charge in [-0.15, -0.1) is 0 Å². The molecular formula is C22H23ClO3. The molecule has 3 rings (SSSR count). The number of ether oxygens (including phenoxy) is 1. The van der Waals surface area contributed by atoms with Crippen molar-refractivity contribution >= 4 is 23.0 Å². The molecule has 136 valence electrons. The summed E-state index contributed by atoms with van der Waals surface area (Å²) in [6.07, 6.45) is 0.160. The van der Waals surface area contributed by atoms with Crippen molar-refractivity contribution in [2.24, 2.45) is 0 Å². The van der Waals surface area contributed by atoms with Crippen molar-refractivity contribution in [3.05, 3.63) is 64.4 Å². The maximum absolute atomic E-state index is 12.7. The standard InChI is InChI=1S/C22H23ClO3/c1-5-14-12-16(15-6-9-17(23)10-7-15)8-11-18(14)19-20(24)13(2)26-22(3,4)21(19)25/h6-13,25H,5H2,1-4H3. The Morgan fingerprint density at radius 1 is 1.12 bits per heavy atom. The molecule has 0 radical (unpaired) electrons. The van der Waals surface area contributed by atoms with Crippen molar-refractivity contribution in [2.75, 3.05) is 0 Å². The average molecular weight is 371 g/mol. The Kier molecular flexibility index (Phi) is 4.96. The van der Waals surface area contributed by atoms with Gasteiger partial charge in [0.05, 0.1) is 5.57 Å². The summed E-state index contributed by atoms with van der Waals surface area (Å²) in [4.78, 5) is 12.7. The lowest BCUT2D eigenvalue weighted by Gasteiger charge is -2.35. The number of benzene rings is 2. The summed E-state index contributed by atoms with van der Waals surface area (Å²) in [6.45, 7) is 7.32. The maximum Gasteiger partial charge on any atom is 0.195 e. The van der Waals surface area contributed by atoms with Gasteiger partial charge in [-0.1, -0.05) is 48.9 Å². The molecule has 1 unspecified atom stereocenters. The van der Waals surface area contributed by atoms with Gasteiger partial charge in [0.1, 0.15) is 17.5 Å². The minimum Gasteiger partial charge on any atom is -0.508 e. The van der Waals surface area contributed by atoms with E-state index < -0.39 is 11.7 Å². The Morgan fingerprint density at radius 2 is 1.73 bits per heavy atom. The Bertz CT molecular complexity index is 879. The number of rotatable bonds is 3.